The first-order valence-corrected chi connectivity index (χ1v) is 3.68. The van der Waals surface area contributed by atoms with Crippen LogP contribution in [0.2, 0.25) is 0 Å². The van der Waals surface area contributed by atoms with Crippen LogP contribution in [0.3, 0.4) is 0 Å². The summed E-state index contributed by atoms with van der Waals surface area (Å²) in [5.41, 5.74) is 0. The number of quaternary nitrogens is 1. The number of hydrogen-bond donors (Lipinski definition) is 1. The van der Waals surface area contributed by atoms with Crippen molar-refractivity contribution in [1.82, 2.24) is 0 Å². The van der Waals surface area contributed by atoms with E-state index < -0.39 is 0 Å². The van der Waals surface area contributed by atoms with Gasteiger partial charge in [-0.3, -0.25) is 0 Å². The molecule has 0 aromatic carbocycles. The molecule has 1 N–H and O–H groups in total. The minimum atomic E-state index is -0.280. The number of ether oxygens (including phenoxy) is 1. The lowest BCUT2D eigenvalue weighted by Crippen LogP contribution is -2.45. The summed E-state index contributed by atoms with van der Waals surface area (Å²) in [5.74, 6) is 0. The first-order chi connectivity index (χ1) is 4.60. The van der Waals surface area contributed by atoms with Gasteiger partial charge < -0.3 is 14.3 Å². The SMILES string of the molecule is C[N+]1(C)CCOCC(O)C1. The molecule has 0 aromatic heterocycles. The maximum absolute atomic E-state index is 9.28. The summed E-state index contributed by atoms with van der Waals surface area (Å²) < 4.78 is 6.04. The highest BCUT2D eigenvalue weighted by Crippen LogP contribution is 2.04. The molecule has 3 nitrogen and oxygen atoms in total. The summed E-state index contributed by atoms with van der Waals surface area (Å²) in [5, 5.41) is 9.28. The standard InChI is InChI=1S/C7H16NO2/c1-8(2)3-4-10-6-7(9)5-8/h7,9H,3-6H2,1-2H3/q+1. The summed E-state index contributed by atoms with van der Waals surface area (Å²) in [6.45, 7) is 3.07. The highest BCUT2D eigenvalue weighted by molar-refractivity contribution is 4.55. The van der Waals surface area contributed by atoms with E-state index in [2.05, 4.69) is 14.1 Å². The number of hydrogen-bond acceptors (Lipinski definition) is 2. The Morgan fingerprint density at radius 1 is 1.50 bits per heavy atom. The van der Waals surface area contributed by atoms with Crippen LogP contribution in [0.15, 0.2) is 0 Å². The van der Waals surface area contributed by atoms with E-state index in [-0.39, 0.29) is 6.10 Å². The van der Waals surface area contributed by atoms with Gasteiger partial charge in [0.25, 0.3) is 0 Å². The van der Waals surface area contributed by atoms with E-state index >= 15 is 0 Å². The second-order valence-corrected chi connectivity index (χ2v) is 3.57. The maximum Gasteiger partial charge on any atom is 0.126 e. The smallest absolute Gasteiger partial charge is 0.126 e. The number of likely N-dealkylation sites (N-methyl/N-ethyl adjacent to an activating group) is 1. The quantitative estimate of drug-likeness (QED) is 0.465. The van der Waals surface area contributed by atoms with Gasteiger partial charge in [-0.2, -0.15) is 0 Å². The fourth-order valence-corrected chi connectivity index (χ4v) is 1.25. The molecular formula is C7H16NO2+. The second-order valence-electron chi connectivity index (χ2n) is 3.57. The van der Waals surface area contributed by atoms with Crippen molar-refractivity contribution in [2.45, 2.75) is 6.10 Å². The van der Waals surface area contributed by atoms with E-state index in [9.17, 15) is 5.11 Å². The summed E-state index contributed by atoms with van der Waals surface area (Å²) in [6, 6.07) is 0. The van der Waals surface area contributed by atoms with Crippen molar-refractivity contribution in [2.24, 2.45) is 0 Å². The van der Waals surface area contributed by atoms with E-state index in [0.717, 1.165) is 24.2 Å². The Labute approximate surface area is 61.8 Å². The molecule has 0 saturated carbocycles. The minimum absolute atomic E-state index is 0.280. The van der Waals surface area contributed by atoms with Crippen molar-refractivity contribution in [3.63, 3.8) is 0 Å². The van der Waals surface area contributed by atoms with E-state index in [1.807, 2.05) is 0 Å². The van der Waals surface area contributed by atoms with Crippen LogP contribution < -0.4 is 0 Å². The van der Waals surface area contributed by atoms with Crippen LogP contribution in [0.5, 0.6) is 0 Å². The van der Waals surface area contributed by atoms with Gasteiger partial charge in [-0.15, -0.1) is 0 Å². The molecule has 1 atom stereocenters. The fraction of sp³-hybridized carbons (Fsp3) is 1.00. The highest BCUT2D eigenvalue weighted by Gasteiger charge is 2.23. The Balaban J connectivity index is 2.46. The Bertz CT molecular complexity index is 114. The number of aliphatic hydroxyl groups excluding tert-OH is 1. The molecule has 0 aromatic rings. The van der Waals surface area contributed by atoms with Crippen LogP contribution in [0.25, 0.3) is 0 Å². The van der Waals surface area contributed by atoms with Crippen molar-refractivity contribution >= 4 is 0 Å². The molecule has 1 aliphatic heterocycles. The van der Waals surface area contributed by atoms with Crippen LogP contribution in [0.4, 0.5) is 0 Å². The average molecular weight is 146 g/mol. The molecule has 1 unspecified atom stereocenters. The lowest BCUT2D eigenvalue weighted by atomic mass is 10.3. The normalized spacial score (nSPS) is 33.3. The Morgan fingerprint density at radius 2 is 2.20 bits per heavy atom. The lowest BCUT2D eigenvalue weighted by molar-refractivity contribution is -0.891. The van der Waals surface area contributed by atoms with Gasteiger partial charge in [-0.05, 0) is 0 Å². The van der Waals surface area contributed by atoms with Crippen LogP contribution in [-0.4, -0.2) is 56.1 Å². The van der Waals surface area contributed by atoms with Gasteiger partial charge in [0.1, 0.15) is 19.2 Å². The highest BCUT2D eigenvalue weighted by atomic mass is 16.5. The van der Waals surface area contributed by atoms with Crippen molar-refractivity contribution in [3.05, 3.63) is 0 Å². The summed E-state index contributed by atoms with van der Waals surface area (Å²) in [7, 11) is 4.22. The van der Waals surface area contributed by atoms with Gasteiger partial charge in [-0.1, -0.05) is 0 Å². The molecule has 1 rings (SSSR count). The molecular weight excluding hydrogens is 130 g/mol. The van der Waals surface area contributed by atoms with Crippen LogP contribution >= 0.6 is 0 Å². The number of rotatable bonds is 0. The van der Waals surface area contributed by atoms with E-state index in [0.29, 0.717) is 6.61 Å². The molecule has 1 saturated heterocycles. The van der Waals surface area contributed by atoms with Crippen LogP contribution in [0.1, 0.15) is 0 Å². The molecule has 0 bridgehead atoms. The third-order valence-electron chi connectivity index (χ3n) is 1.86. The zero-order valence-corrected chi connectivity index (χ0v) is 6.71. The van der Waals surface area contributed by atoms with Gasteiger partial charge in [0.15, 0.2) is 0 Å². The zero-order chi connectivity index (χ0) is 7.61. The molecule has 60 valence electrons. The van der Waals surface area contributed by atoms with Crippen LogP contribution in [0, 0.1) is 0 Å². The Hall–Kier alpha value is -0.120. The molecule has 1 heterocycles. The molecule has 0 radical (unpaired) electrons. The molecule has 0 aliphatic carbocycles. The van der Waals surface area contributed by atoms with Crippen molar-refractivity contribution < 1.29 is 14.3 Å². The van der Waals surface area contributed by atoms with Crippen LogP contribution in [-0.2, 0) is 4.74 Å². The monoisotopic (exact) mass is 146 g/mol. The van der Waals surface area contributed by atoms with E-state index in [1.54, 1.807) is 0 Å². The summed E-state index contributed by atoms with van der Waals surface area (Å²) in [6.07, 6.45) is -0.280. The Morgan fingerprint density at radius 3 is 2.90 bits per heavy atom. The third-order valence-corrected chi connectivity index (χ3v) is 1.86. The molecule has 3 heteroatoms. The van der Waals surface area contributed by atoms with Gasteiger partial charge in [0.05, 0.1) is 27.3 Å². The Kier molecular flexibility index (Phi) is 2.28. The maximum atomic E-state index is 9.28. The average Bonchev–Trinajstić information content (AvgIpc) is 1.90. The first kappa shape index (κ1) is 7.98. The lowest BCUT2D eigenvalue weighted by Gasteiger charge is -2.28. The largest absolute Gasteiger partial charge is 0.385 e. The minimum Gasteiger partial charge on any atom is -0.385 e. The zero-order valence-electron chi connectivity index (χ0n) is 6.71. The topological polar surface area (TPSA) is 29.5 Å². The van der Waals surface area contributed by atoms with Gasteiger partial charge in [0.2, 0.25) is 0 Å². The van der Waals surface area contributed by atoms with Gasteiger partial charge >= 0.3 is 0 Å². The molecule has 1 aliphatic rings. The van der Waals surface area contributed by atoms with Gasteiger partial charge in [-0.25, -0.2) is 0 Å². The molecule has 1 fully saturated rings. The van der Waals surface area contributed by atoms with Gasteiger partial charge in [0, 0.05) is 0 Å². The molecule has 0 amide bonds. The summed E-state index contributed by atoms with van der Waals surface area (Å²) >= 11 is 0. The first-order valence-electron chi connectivity index (χ1n) is 3.68. The van der Waals surface area contributed by atoms with Crippen molar-refractivity contribution in [2.75, 3.05) is 40.4 Å². The third kappa shape index (κ3) is 2.25. The molecule has 0 spiro atoms. The fourth-order valence-electron chi connectivity index (χ4n) is 1.25. The molecule has 10 heavy (non-hydrogen) atoms. The summed E-state index contributed by atoms with van der Waals surface area (Å²) in [4.78, 5) is 0. The number of nitrogens with zero attached hydrogens (tertiary/aromatic N) is 1. The van der Waals surface area contributed by atoms with E-state index in [1.165, 1.54) is 0 Å². The predicted octanol–water partition coefficient (Wildman–Crippen LogP) is -0.546. The predicted molar refractivity (Wildman–Crippen MR) is 38.7 cm³/mol. The number of aliphatic hydroxyl groups is 1. The van der Waals surface area contributed by atoms with Crippen molar-refractivity contribution in [3.8, 4) is 0 Å². The second kappa shape index (κ2) is 2.86. The van der Waals surface area contributed by atoms with Crippen molar-refractivity contribution in [1.29, 1.82) is 0 Å². The van der Waals surface area contributed by atoms with E-state index in [4.69, 9.17) is 4.74 Å².